The third-order valence-electron chi connectivity index (χ3n) is 14.3. The summed E-state index contributed by atoms with van der Waals surface area (Å²) >= 11 is 0. The third kappa shape index (κ3) is 29.5. The van der Waals surface area contributed by atoms with Gasteiger partial charge >= 0.3 is 17.9 Å². The number of imidazole rings is 1. The lowest BCUT2D eigenvalue weighted by Gasteiger charge is -2.34. The number of anilines is 1. The maximum atomic E-state index is 13.6. The molecule has 0 radical (unpaired) electrons. The molecule has 0 bridgehead atoms. The Morgan fingerprint density at radius 2 is 1.49 bits per heavy atom. The van der Waals surface area contributed by atoms with Gasteiger partial charge in [0.25, 0.3) is 16.0 Å². The molecule has 12 N–H and O–H groups in total. The molecule has 2 unspecified atom stereocenters. The summed E-state index contributed by atoms with van der Waals surface area (Å²) in [5, 5.41) is 52.1. The largest absolute Gasteiger partial charge is 0.494 e. The number of pyridine rings is 1. The number of nitrogens with zero attached hydrogens (tertiary/aromatic N) is 5. The molecule has 0 aliphatic heterocycles. The number of aromatic amines is 1. The van der Waals surface area contributed by atoms with Crippen LogP contribution in [0.2, 0.25) is 0 Å². The van der Waals surface area contributed by atoms with Gasteiger partial charge in [0.05, 0.1) is 76.9 Å². The zero-order chi connectivity index (χ0) is 71.0. The van der Waals surface area contributed by atoms with Crippen molar-refractivity contribution in [1.29, 1.82) is 0 Å². The summed E-state index contributed by atoms with van der Waals surface area (Å²) in [7, 11) is -3.11. The van der Waals surface area contributed by atoms with E-state index in [9.17, 15) is 80.2 Å². The molecule has 0 aliphatic carbocycles. The number of Topliss-reactive ketones (excluding diaryl/α,β-unsaturated/α-hetero) is 1. The van der Waals surface area contributed by atoms with Gasteiger partial charge < -0.3 is 84.7 Å². The normalized spacial score (nSPS) is 13.2. The van der Waals surface area contributed by atoms with Crippen LogP contribution in [0.5, 0.6) is 5.75 Å². The number of ketones is 1. The highest BCUT2D eigenvalue weighted by atomic mass is 32.2. The van der Waals surface area contributed by atoms with Gasteiger partial charge in [-0.1, -0.05) is 12.1 Å². The average Bonchev–Trinajstić information content (AvgIpc) is 0.842. The van der Waals surface area contributed by atoms with Gasteiger partial charge in [-0.3, -0.25) is 47.9 Å². The van der Waals surface area contributed by atoms with Gasteiger partial charge in [-0.15, -0.1) is 0 Å². The molecule has 4 aromatic rings. The molecule has 534 valence electrons. The first-order chi connectivity index (χ1) is 45.4. The van der Waals surface area contributed by atoms with Crippen molar-refractivity contribution >= 4 is 78.4 Å². The number of nitrogens with one attached hydrogen (secondary N) is 7. The van der Waals surface area contributed by atoms with Crippen molar-refractivity contribution in [1.82, 2.24) is 50.3 Å². The van der Waals surface area contributed by atoms with E-state index >= 15 is 0 Å². The van der Waals surface area contributed by atoms with Crippen LogP contribution in [0.1, 0.15) is 52.7 Å². The number of hydrogen-bond donors (Lipinski definition) is 12. The van der Waals surface area contributed by atoms with E-state index in [0.29, 0.717) is 56.2 Å². The molecule has 0 saturated carbocycles. The smallest absolute Gasteiger partial charge is 0.359 e. The number of methoxy groups -OCH3 is 1. The summed E-state index contributed by atoms with van der Waals surface area (Å²) < 4.78 is 92.5. The van der Waals surface area contributed by atoms with Crippen LogP contribution in [0.25, 0.3) is 10.9 Å². The molecule has 2 aromatic carbocycles. The lowest BCUT2D eigenvalue weighted by atomic mass is 10.1. The summed E-state index contributed by atoms with van der Waals surface area (Å²) in [6.45, 7) is 3.20. The van der Waals surface area contributed by atoms with Crippen LogP contribution < -0.4 is 41.5 Å². The number of carbonyl (C=O) groups excluding carboxylic acids is 4. The Hall–Kier alpha value is -8.01. The second-order valence-electron chi connectivity index (χ2n) is 22.9. The Morgan fingerprint density at radius 3 is 2.08 bits per heavy atom. The molecular weight excluding hydrogens is 1300 g/mol. The number of hydrogen-bond acceptors (Lipinski definition) is 23. The van der Waals surface area contributed by atoms with Crippen molar-refractivity contribution in [3.05, 3.63) is 93.2 Å². The molecule has 0 saturated heterocycles. The van der Waals surface area contributed by atoms with Crippen LogP contribution in [0, 0.1) is 13.8 Å². The second kappa shape index (κ2) is 40.5. The predicted octanol–water partition coefficient (Wildman–Crippen LogP) is -1.38. The van der Waals surface area contributed by atoms with Crippen LogP contribution in [0.4, 0.5) is 5.95 Å². The number of amides is 3. The molecule has 2 aromatic heterocycles. The summed E-state index contributed by atoms with van der Waals surface area (Å²) in [6, 6.07) is 4.69. The number of likely N-dealkylation sites (N-methyl/N-ethyl adjacent to an activating group) is 2. The van der Waals surface area contributed by atoms with E-state index < -0.39 is 105 Å². The van der Waals surface area contributed by atoms with Crippen molar-refractivity contribution < 1.29 is 104 Å². The zero-order valence-electron chi connectivity index (χ0n) is 54.8. The Bertz CT molecular complexity index is 3530. The first-order valence-electron chi connectivity index (χ1n) is 30.5. The molecule has 2 heterocycles. The summed E-state index contributed by atoms with van der Waals surface area (Å²) in [5.74, 6) is -6.50. The molecule has 96 heavy (non-hydrogen) atoms. The summed E-state index contributed by atoms with van der Waals surface area (Å²) in [5.41, 5.74) is 1.21. The van der Waals surface area contributed by atoms with Gasteiger partial charge in [0.15, 0.2) is 12.5 Å². The fourth-order valence-corrected chi connectivity index (χ4v) is 12.1. The van der Waals surface area contributed by atoms with Gasteiger partial charge in [0, 0.05) is 103 Å². The van der Waals surface area contributed by atoms with Crippen LogP contribution >= 0.6 is 0 Å². The molecule has 0 fully saturated rings. The van der Waals surface area contributed by atoms with E-state index in [1.165, 1.54) is 51.2 Å². The minimum atomic E-state index is -4.72. The lowest BCUT2D eigenvalue weighted by molar-refractivity contribution is -0.894. The number of aliphatic hydroxyl groups is 1. The standard InChI is InChI=1S/C60H90N12O22S2/c1-41-28-46(29-42(2)56(41)96(88,89)68-49(59(83)84)32-65-57(81)48-34-70(4)51-30-43(11-12-47(51)55(48)80)31-66-60-63-16-17-64-60)94-23-7-10-52(75)61-14-8-21-91-24-26-93-27-25-92-22-9-15-62-58(82)50(39-95(85,86)87)67-44(33-69(3)35-53(76)77)13-18-71(40-90-6)19-20-72(5,37-54(78)79)36-45(74)38-73/h11-13,16-17,28-30,34,49-50,67-68,73H,7-10,14-15,18-27,31-33,35-40H2,1-6H3,(H8-,61,62,63,64,65,66,75,76,77,78,79,81,82,83,84,85,86,87)/p+1/b44-13+/t49?,50-,72?/m0/s1. The predicted molar refractivity (Wildman–Crippen MR) is 348 cm³/mol. The number of carboxylic acid groups (broad SMARTS) is 3. The third-order valence-corrected chi connectivity index (χ3v) is 16.9. The van der Waals surface area contributed by atoms with E-state index in [-0.39, 0.29) is 135 Å². The van der Waals surface area contributed by atoms with Crippen LogP contribution in [0.3, 0.4) is 0 Å². The maximum absolute atomic E-state index is 13.6. The van der Waals surface area contributed by atoms with Gasteiger partial charge in [-0.25, -0.2) is 18.2 Å². The number of aliphatic carboxylic acids is 3. The highest BCUT2D eigenvalue weighted by Gasteiger charge is 2.32. The van der Waals surface area contributed by atoms with E-state index in [1.807, 2.05) is 0 Å². The fraction of sp³-hybridized carbons (Fsp3) is 0.550. The summed E-state index contributed by atoms with van der Waals surface area (Å²) in [4.78, 5) is 110. The first-order valence-corrected chi connectivity index (χ1v) is 33.6. The minimum Gasteiger partial charge on any atom is -0.494 e. The number of rotatable bonds is 50. The monoisotopic (exact) mass is 1400 g/mol. The van der Waals surface area contributed by atoms with Crippen molar-refractivity contribution in [2.75, 3.05) is 157 Å². The second-order valence-corrected chi connectivity index (χ2v) is 26.0. The maximum Gasteiger partial charge on any atom is 0.359 e. The molecule has 36 heteroatoms. The van der Waals surface area contributed by atoms with E-state index in [2.05, 4.69) is 41.3 Å². The number of aliphatic hydroxyl groups excluding tert-OH is 1. The summed E-state index contributed by atoms with van der Waals surface area (Å²) in [6.07, 6.45) is 7.46. The van der Waals surface area contributed by atoms with Gasteiger partial charge in [0.1, 0.15) is 42.3 Å². The highest BCUT2D eigenvalue weighted by molar-refractivity contribution is 7.89. The Kier molecular flexibility index (Phi) is 33.9. The number of carbonyl (C=O) groups is 7. The van der Waals surface area contributed by atoms with Crippen molar-refractivity contribution in [2.45, 2.75) is 63.1 Å². The number of carboxylic acids is 3. The average molecular weight is 1400 g/mol. The van der Waals surface area contributed by atoms with Crippen molar-refractivity contribution in [3.8, 4) is 5.75 Å². The molecule has 34 nitrogen and oxygen atoms in total. The van der Waals surface area contributed by atoms with Crippen molar-refractivity contribution in [3.63, 3.8) is 0 Å². The van der Waals surface area contributed by atoms with E-state index in [1.54, 1.807) is 60.2 Å². The van der Waals surface area contributed by atoms with Crippen LogP contribution in [-0.4, -0.2) is 276 Å². The number of quaternary nitrogens is 1. The van der Waals surface area contributed by atoms with E-state index in [4.69, 9.17) is 23.7 Å². The first kappa shape index (κ1) is 80.4. The minimum absolute atomic E-state index is 0.0173. The Balaban J connectivity index is 1.10. The number of aromatic nitrogens is 3. The molecular formula is C60H91N12O22S2+. The number of sulfonamides is 1. The van der Waals surface area contributed by atoms with Crippen molar-refractivity contribution in [2.24, 2.45) is 7.05 Å². The van der Waals surface area contributed by atoms with Gasteiger partial charge in [-0.05, 0) is 81.1 Å². The van der Waals surface area contributed by atoms with E-state index in [0.717, 1.165) is 5.56 Å². The fourth-order valence-electron chi connectivity index (χ4n) is 9.84. The number of benzene rings is 2. The number of aryl methyl sites for hydroxylation is 3. The van der Waals surface area contributed by atoms with Crippen LogP contribution in [0.15, 0.2) is 70.4 Å². The van der Waals surface area contributed by atoms with Crippen LogP contribution in [-0.2, 0) is 81.4 Å². The Labute approximate surface area is 556 Å². The lowest BCUT2D eigenvalue weighted by Crippen LogP contribution is -2.54. The number of ether oxygens (including phenoxy) is 5. The molecule has 3 amide bonds. The van der Waals surface area contributed by atoms with Gasteiger partial charge in [0.2, 0.25) is 33.0 Å². The number of H-pyrrole nitrogens is 1. The zero-order valence-corrected chi connectivity index (χ0v) is 56.4. The molecule has 0 spiro atoms. The van der Waals surface area contributed by atoms with Gasteiger partial charge in [-0.2, -0.15) is 13.1 Å². The SMILES string of the molecule is COCN(C/C=C(\CN(C)CC(=O)O)N[C@@H](CS(=O)(=O)O)C(=O)NCCCOCCOCCOCCCNC(=O)CCCOc1cc(C)c(S(=O)(=O)NC(CNC(=O)c2cn(C)c3cc(CNc4ncc[nH]4)ccc3c2=O)C(=O)O)c(C)c1)CC[N+](C)(CC(=O)O)CC(=O)CO. The Morgan fingerprint density at radius 1 is 0.833 bits per heavy atom. The molecule has 4 rings (SSSR count). The molecule has 3 atom stereocenters. The quantitative estimate of drug-likeness (QED) is 0.0105. The topological polar surface area (TPSA) is 464 Å². The highest BCUT2D eigenvalue weighted by Crippen LogP contribution is 2.26. The molecule has 0 aliphatic rings. The number of fused-ring (bicyclic) bond motifs is 1.